The molecule has 0 spiro atoms. The summed E-state index contributed by atoms with van der Waals surface area (Å²) in [7, 11) is 0. The van der Waals surface area contributed by atoms with Crippen LogP contribution in [0.15, 0.2) is 12.1 Å². The first-order chi connectivity index (χ1) is 7.10. The molecular formula is C12H16O3. The Labute approximate surface area is 89.6 Å². The summed E-state index contributed by atoms with van der Waals surface area (Å²) in [4.78, 5) is 0. The van der Waals surface area contributed by atoms with Gasteiger partial charge in [0.15, 0.2) is 11.5 Å². The zero-order valence-electron chi connectivity index (χ0n) is 9.33. The second kappa shape index (κ2) is 3.33. The van der Waals surface area contributed by atoms with E-state index in [-0.39, 0.29) is 5.75 Å². The van der Waals surface area contributed by atoms with Gasteiger partial charge in [-0.15, -0.1) is 0 Å². The van der Waals surface area contributed by atoms with Gasteiger partial charge in [0.2, 0.25) is 0 Å². The molecule has 1 aromatic rings. The lowest BCUT2D eigenvalue weighted by molar-refractivity contribution is -0.0845. The fraction of sp³-hybridized carbons (Fsp3) is 0.500. The van der Waals surface area contributed by atoms with Crippen LogP contribution in [0, 0.1) is 6.92 Å². The average Bonchev–Trinajstić information content (AvgIpc) is 2.58. The van der Waals surface area contributed by atoms with Crippen LogP contribution in [0.1, 0.15) is 32.3 Å². The van der Waals surface area contributed by atoms with Crippen LogP contribution in [0.5, 0.6) is 17.2 Å². The molecule has 0 bridgehead atoms. The van der Waals surface area contributed by atoms with Crippen molar-refractivity contribution in [2.45, 2.75) is 39.4 Å². The predicted octanol–water partition coefficient (Wildman–Crippen LogP) is 2.99. The average molecular weight is 208 g/mol. The van der Waals surface area contributed by atoms with Crippen LogP contribution >= 0.6 is 0 Å². The molecule has 0 aliphatic carbocycles. The summed E-state index contributed by atoms with van der Waals surface area (Å²) < 4.78 is 11.6. The third-order valence-corrected chi connectivity index (χ3v) is 2.89. The Bertz CT molecular complexity index is 381. The van der Waals surface area contributed by atoms with Crippen molar-refractivity contribution >= 4 is 0 Å². The van der Waals surface area contributed by atoms with Gasteiger partial charge >= 0.3 is 0 Å². The Morgan fingerprint density at radius 3 is 2.47 bits per heavy atom. The molecule has 1 aromatic carbocycles. The summed E-state index contributed by atoms with van der Waals surface area (Å²) in [5, 5.41) is 9.46. The van der Waals surface area contributed by atoms with Crippen LogP contribution in [0.2, 0.25) is 0 Å². The lowest BCUT2D eigenvalue weighted by Crippen LogP contribution is -2.36. The Kier molecular flexibility index (Phi) is 2.25. The number of aryl methyl sites for hydroxylation is 1. The molecule has 1 aliphatic heterocycles. The number of hydrogen-bond donors (Lipinski definition) is 1. The monoisotopic (exact) mass is 208 g/mol. The molecule has 0 fully saturated rings. The van der Waals surface area contributed by atoms with E-state index >= 15 is 0 Å². The van der Waals surface area contributed by atoms with Crippen molar-refractivity contribution < 1.29 is 14.6 Å². The maximum Gasteiger partial charge on any atom is 0.251 e. The summed E-state index contributed by atoms with van der Waals surface area (Å²) in [6.07, 6.45) is 1.58. The second-order valence-electron chi connectivity index (χ2n) is 3.91. The highest BCUT2D eigenvalue weighted by atomic mass is 16.7. The predicted molar refractivity (Wildman–Crippen MR) is 57.4 cm³/mol. The van der Waals surface area contributed by atoms with Crippen LogP contribution in [0.25, 0.3) is 0 Å². The molecule has 0 radical (unpaired) electrons. The molecule has 0 amide bonds. The van der Waals surface area contributed by atoms with Gasteiger partial charge < -0.3 is 14.6 Å². The summed E-state index contributed by atoms with van der Waals surface area (Å²) in [6, 6.07) is 3.29. The number of aromatic hydroxyl groups is 1. The lowest BCUT2D eigenvalue weighted by atomic mass is 10.1. The SMILES string of the molecule is CCC1(CC)Oc2cc(O)cc(C)c2O1. The molecule has 3 heteroatoms. The zero-order chi connectivity index (χ0) is 11.1. The lowest BCUT2D eigenvalue weighted by Gasteiger charge is -2.24. The summed E-state index contributed by atoms with van der Waals surface area (Å²) in [5.41, 5.74) is 0.911. The molecule has 3 nitrogen and oxygen atoms in total. The molecule has 82 valence electrons. The summed E-state index contributed by atoms with van der Waals surface area (Å²) in [6.45, 7) is 5.97. The van der Waals surface area contributed by atoms with E-state index in [4.69, 9.17) is 9.47 Å². The number of ether oxygens (including phenoxy) is 2. The minimum Gasteiger partial charge on any atom is -0.508 e. The van der Waals surface area contributed by atoms with E-state index in [9.17, 15) is 5.11 Å². The standard InChI is InChI=1S/C12H16O3/c1-4-12(5-2)14-10-7-9(13)6-8(3)11(10)15-12/h6-7,13H,4-5H2,1-3H3. The van der Waals surface area contributed by atoms with Gasteiger partial charge in [0.25, 0.3) is 5.79 Å². The van der Waals surface area contributed by atoms with Crippen LogP contribution in [-0.2, 0) is 0 Å². The molecule has 15 heavy (non-hydrogen) atoms. The fourth-order valence-corrected chi connectivity index (χ4v) is 1.88. The van der Waals surface area contributed by atoms with Crippen LogP contribution in [0.4, 0.5) is 0 Å². The number of phenolic OH excluding ortho intramolecular Hbond substituents is 1. The topological polar surface area (TPSA) is 38.7 Å². The van der Waals surface area contributed by atoms with Gasteiger partial charge in [-0.2, -0.15) is 0 Å². The first-order valence-electron chi connectivity index (χ1n) is 5.32. The van der Waals surface area contributed by atoms with E-state index in [1.807, 2.05) is 20.8 Å². The Hall–Kier alpha value is -1.38. The highest BCUT2D eigenvalue weighted by Crippen LogP contribution is 2.46. The summed E-state index contributed by atoms with van der Waals surface area (Å²) in [5.74, 6) is 1.09. The highest BCUT2D eigenvalue weighted by molar-refractivity contribution is 5.53. The molecule has 1 heterocycles. The molecule has 0 saturated heterocycles. The molecule has 1 N–H and O–H groups in total. The Balaban J connectivity index is 2.42. The molecule has 0 unspecified atom stereocenters. The smallest absolute Gasteiger partial charge is 0.251 e. The van der Waals surface area contributed by atoms with E-state index in [1.54, 1.807) is 12.1 Å². The van der Waals surface area contributed by atoms with Crippen molar-refractivity contribution in [1.29, 1.82) is 0 Å². The number of rotatable bonds is 2. The van der Waals surface area contributed by atoms with Crippen LogP contribution in [0.3, 0.4) is 0 Å². The second-order valence-corrected chi connectivity index (χ2v) is 3.91. The first kappa shape index (κ1) is 10.1. The van der Waals surface area contributed by atoms with Crippen molar-refractivity contribution in [3.63, 3.8) is 0 Å². The molecule has 0 aromatic heterocycles. The van der Waals surface area contributed by atoms with Gasteiger partial charge in [-0.25, -0.2) is 0 Å². The Morgan fingerprint density at radius 1 is 1.20 bits per heavy atom. The minimum absolute atomic E-state index is 0.220. The first-order valence-corrected chi connectivity index (χ1v) is 5.32. The van der Waals surface area contributed by atoms with E-state index in [1.165, 1.54) is 0 Å². The molecule has 1 aliphatic rings. The molecule has 0 saturated carbocycles. The quantitative estimate of drug-likeness (QED) is 0.812. The van der Waals surface area contributed by atoms with Gasteiger partial charge in [0.1, 0.15) is 5.75 Å². The van der Waals surface area contributed by atoms with E-state index in [0.717, 1.165) is 24.2 Å². The third kappa shape index (κ3) is 1.52. The maximum atomic E-state index is 9.46. The van der Waals surface area contributed by atoms with Gasteiger partial charge in [-0.3, -0.25) is 0 Å². The van der Waals surface area contributed by atoms with Crippen LogP contribution < -0.4 is 9.47 Å². The van der Waals surface area contributed by atoms with Crippen molar-refractivity contribution in [1.82, 2.24) is 0 Å². The van der Waals surface area contributed by atoms with E-state index in [2.05, 4.69) is 0 Å². The Morgan fingerprint density at radius 2 is 1.87 bits per heavy atom. The number of fused-ring (bicyclic) bond motifs is 1. The van der Waals surface area contributed by atoms with E-state index in [0.29, 0.717) is 5.75 Å². The molecular weight excluding hydrogens is 192 g/mol. The third-order valence-electron chi connectivity index (χ3n) is 2.89. The maximum absolute atomic E-state index is 9.46. The molecule has 0 atom stereocenters. The van der Waals surface area contributed by atoms with Crippen molar-refractivity contribution in [3.05, 3.63) is 17.7 Å². The highest BCUT2D eigenvalue weighted by Gasteiger charge is 2.39. The number of hydrogen-bond acceptors (Lipinski definition) is 3. The number of benzene rings is 1. The minimum atomic E-state index is -0.541. The van der Waals surface area contributed by atoms with Crippen molar-refractivity contribution in [3.8, 4) is 17.2 Å². The van der Waals surface area contributed by atoms with Gasteiger partial charge in [0.05, 0.1) is 0 Å². The van der Waals surface area contributed by atoms with Gasteiger partial charge in [-0.05, 0) is 18.6 Å². The van der Waals surface area contributed by atoms with Gasteiger partial charge in [0, 0.05) is 18.9 Å². The fourth-order valence-electron chi connectivity index (χ4n) is 1.88. The van der Waals surface area contributed by atoms with Crippen molar-refractivity contribution in [2.75, 3.05) is 0 Å². The number of phenols is 1. The van der Waals surface area contributed by atoms with E-state index < -0.39 is 5.79 Å². The van der Waals surface area contributed by atoms with Crippen LogP contribution in [-0.4, -0.2) is 10.9 Å². The van der Waals surface area contributed by atoms with Crippen molar-refractivity contribution in [2.24, 2.45) is 0 Å². The van der Waals surface area contributed by atoms with Gasteiger partial charge in [-0.1, -0.05) is 13.8 Å². The zero-order valence-corrected chi connectivity index (χ0v) is 9.33. The summed E-state index contributed by atoms with van der Waals surface area (Å²) >= 11 is 0. The molecule has 2 rings (SSSR count). The normalized spacial score (nSPS) is 16.7. The largest absolute Gasteiger partial charge is 0.508 e.